The van der Waals surface area contributed by atoms with Crippen molar-refractivity contribution in [2.45, 2.75) is 13.3 Å². The smallest absolute Gasteiger partial charge is 0.236 e. The molecule has 2 atom stereocenters. The van der Waals surface area contributed by atoms with E-state index in [-0.39, 0.29) is 5.91 Å². The van der Waals surface area contributed by atoms with Gasteiger partial charge in [-0.1, -0.05) is 6.07 Å². The summed E-state index contributed by atoms with van der Waals surface area (Å²) >= 11 is 1.59. The molecule has 0 saturated carbocycles. The number of aromatic nitrogens is 1. The SMILES string of the molecule is Cc1oc(-c2cccs2)nc1CC(=O)N1C[C@H]2CNC[C@H]2C1. The average molecular weight is 317 g/mol. The third kappa shape index (κ3) is 2.46. The molecule has 2 aromatic heterocycles. The van der Waals surface area contributed by atoms with Crippen molar-refractivity contribution in [1.29, 1.82) is 0 Å². The fourth-order valence-electron chi connectivity index (χ4n) is 3.41. The Morgan fingerprint density at radius 2 is 2.23 bits per heavy atom. The highest BCUT2D eigenvalue weighted by Gasteiger charge is 2.38. The van der Waals surface area contributed by atoms with E-state index in [4.69, 9.17) is 4.42 Å². The maximum atomic E-state index is 12.5. The number of fused-ring (bicyclic) bond motifs is 1. The first kappa shape index (κ1) is 14.0. The molecule has 4 heterocycles. The minimum absolute atomic E-state index is 0.170. The lowest BCUT2D eigenvalue weighted by Crippen LogP contribution is -2.33. The van der Waals surface area contributed by atoms with Gasteiger partial charge < -0.3 is 14.6 Å². The molecule has 22 heavy (non-hydrogen) atoms. The number of oxazole rings is 1. The number of carbonyl (C=O) groups is 1. The Kier molecular flexibility index (Phi) is 3.50. The van der Waals surface area contributed by atoms with Crippen molar-refractivity contribution >= 4 is 17.2 Å². The minimum Gasteiger partial charge on any atom is -0.440 e. The van der Waals surface area contributed by atoms with Crippen LogP contribution in [0.5, 0.6) is 0 Å². The van der Waals surface area contributed by atoms with E-state index in [9.17, 15) is 4.79 Å². The molecule has 0 aliphatic carbocycles. The lowest BCUT2D eigenvalue weighted by molar-refractivity contribution is -0.129. The van der Waals surface area contributed by atoms with Crippen LogP contribution in [-0.2, 0) is 11.2 Å². The standard InChI is InChI=1S/C16H19N3O2S/c1-10-13(18-16(21-10)14-3-2-4-22-14)5-15(20)19-8-11-6-17-7-12(11)9-19/h2-4,11-12,17H,5-9H2,1H3/t11-,12+. The molecule has 1 amide bonds. The highest BCUT2D eigenvalue weighted by atomic mass is 32.1. The van der Waals surface area contributed by atoms with Crippen LogP contribution in [-0.4, -0.2) is 42.0 Å². The van der Waals surface area contributed by atoms with Crippen molar-refractivity contribution in [2.75, 3.05) is 26.2 Å². The predicted octanol–water partition coefficient (Wildman–Crippen LogP) is 1.93. The van der Waals surface area contributed by atoms with Crippen molar-refractivity contribution in [3.8, 4) is 10.8 Å². The lowest BCUT2D eigenvalue weighted by Gasteiger charge is -2.16. The van der Waals surface area contributed by atoms with E-state index in [1.165, 1.54) is 0 Å². The van der Waals surface area contributed by atoms with E-state index in [1.807, 2.05) is 29.3 Å². The topological polar surface area (TPSA) is 58.4 Å². The van der Waals surface area contributed by atoms with Gasteiger partial charge in [0.1, 0.15) is 5.76 Å². The van der Waals surface area contributed by atoms with Gasteiger partial charge in [-0.3, -0.25) is 4.79 Å². The van der Waals surface area contributed by atoms with Crippen molar-refractivity contribution in [2.24, 2.45) is 11.8 Å². The summed E-state index contributed by atoms with van der Waals surface area (Å²) in [6.45, 7) is 5.73. The summed E-state index contributed by atoms with van der Waals surface area (Å²) in [4.78, 5) is 20.0. The first-order valence-electron chi connectivity index (χ1n) is 7.69. The number of hydrogen-bond acceptors (Lipinski definition) is 5. The normalized spacial score (nSPS) is 24.0. The van der Waals surface area contributed by atoms with Gasteiger partial charge in [0, 0.05) is 26.2 Å². The quantitative estimate of drug-likeness (QED) is 0.940. The number of carbonyl (C=O) groups excluding carboxylic acids is 1. The number of amides is 1. The molecule has 0 radical (unpaired) electrons. The van der Waals surface area contributed by atoms with Crippen LogP contribution in [0.4, 0.5) is 0 Å². The molecule has 116 valence electrons. The summed E-state index contributed by atoms with van der Waals surface area (Å²) in [5.74, 6) is 2.80. The molecule has 4 rings (SSSR count). The second-order valence-corrected chi connectivity index (χ2v) is 7.10. The molecule has 0 spiro atoms. The highest BCUT2D eigenvalue weighted by molar-refractivity contribution is 7.13. The maximum absolute atomic E-state index is 12.5. The first-order valence-corrected chi connectivity index (χ1v) is 8.57. The molecule has 2 aliphatic rings. The van der Waals surface area contributed by atoms with Crippen LogP contribution in [0.3, 0.4) is 0 Å². The van der Waals surface area contributed by atoms with Gasteiger partial charge in [0.15, 0.2) is 0 Å². The van der Waals surface area contributed by atoms with E-state index in [0.29, 0.717) is 24.1 Å². The average Bonchev–Trinajstić information content (AvgIpc) is 3.21. The number of nitrogens with one attached hydrogen (secondary N) is 1. The van der Waals surface area contributed by atoms with Gasteiger partial charge in [0.2, 0.25) is 11.8 Å². The second kappa shape index (κ2) is 5.52. The number of aryl methyl sites for hydroxylation is 1. The maximum Gasteiger partial charge on any atom is 0.236 e. The van der Waals surface area contributed by atoms with Gasteiger partial charge in [-0.05, 0) is 30.2 Å². The van der Waals surface area contributed by atoms with Crippen LogP contribution in [0.15, 0.2) is 21.9 Å². The van der Waals surface area contributed by atoms with Crippen molar-refractivity contribution in [1.82, 2.24) is 15.2 Å². The van der Waals surface area contributed by atoms with E-state index >= 15 is 0 Å². The Morgan fingerprint density at radius 3 is 2.91 bits per heavy atom. The van der Waals surface area contributed by atoms with Gasteiger partial charge in [0.05, 0.1) is 17.0 Å². The number of nitrogens with zero attached hydrogens (tertiary/aromatic N) is 2. The van der Waals surface area contributed by atoms with E-state index < -0.39 is 0 Å². The summed E-state index contributed by atoms with van der Waals surface area (Å²) in [7, 11) is 0. The molecule has 0 bridgehead atoms. The summed E-state index contributed by atoms with van der Waals surface area (Å²) in [5, 5.41) is 5.39. The molecule has 2 aromatic rings. The van der Waals surface area contributed by atoms with Crippen LogP contribution in [0.2, 0.25) is 0 Å². The largest absolute Gasteiger partial charge is 0.440 e. The first-order chi connectivity index (χ1) is 10.7. The molecule has 5 nitrogen and oxygen atoms in total. The van der Waals surface area contributed by atoms with Gasteiger partial charge >= 0.3 is 0 Å². The second-order valence-electron chi connectivity index (χ2n) is 6.15. The lowest BCUT2D eigenvalue weighted by atomic mass is 10.0. The fourth-order valence-corrected chi connectivity index (χ4v) is 4.06. The highest BCUT2D eigenvalue weighted by Crippen LogP contribution is 2.28. The molecule has 6 heteroatoms. The third-order valence-electron chi connectivity index (χ3n) is 4.69. The van der Waals surface area contributed by atoms with Crippen LogP contribution in [0.25, 0.3) is 10.8 Å². The summed E-state index contributed by atoms with van der Waals surface area (Å²) in [6.07, 6.45) is 0.341. The summed E-state index contributed by atoms with van der Waals surface area (Å²) in [5.41, 5.74) is 0.767. The summed E-state index contributed by atoms with van der Waals surface area (Å²) < 4.78 is 5.72. The molecular formula is C16H19N3O2S. The van der Waals surface area contributed by atoms with Gasteiger partial charge in [-0.2, -0.15) is 0 Å². The monoisotopic (exact) mass is 317 g/mol. The number of hydrogen-bond donors (Lipinski definition) is 1. The zero-order chi connectivity index (χ0) is 15.1. The van der Waals surface area contributed by atoms with Crippen LogP contribution < -0.4 is 5.32 Å². The van der Waals surface area contributed by atoms with E-state index in [0.717, 1.165) is 42.5 Å². The zero-order valence-electron chi connectivity index (χ0n) is 12.5. The minimum atomic E-state index is 0.170. The number of likely N-dealkylation sites (tertiary alicyclic amines) is 1. The molecule has 2 aliphatic heterocycles. The van der Waals surface area contributed by atoms with Crippen LogP contribution >= 0.6 is 11.3 Å². The Morgan fingerprint density at radius 1 is 1.45 bits per heavy atom. The molecule has 0 unspecified atom stereocenters. The summed E-state index contributed by atoms with van der Waals surface area (Å²) in [6, 6.07) is 3.96. The van der Waals surface area contributed by atoms with Crippen LogP contribution in [0.1, 0.15) is 11.5 Å². The molecule has 1 N–H and O–H groups in total. The Bertz CT molecular complexity index is 668. The Balaban J connectivity index is 1.46. The Labute approximate surface area is 133 Å². The molecule has 2 saturated heterocycles. The number of thiophene rings is 1. The molecule has 0 aromatic carbocycles. The predicted molar refractivity (Wildman–Crippen MR) is 84.7 cm³/mol. The molecule has 2 fully saturated rings. The van der Waals surface area contributed by atoms with Crippen molar-refractivity contribution in [3.63, 3.8) is 0 Å². The zero-order valence-corrected chi connectivity index (χ0v) is 13.4. The Hall–Kier alpha value is -1.66. The van der Waals surface area contributed by atoms with Crippen molar-refractivity contribution in [3.05, 3.63) is 29.0 Å². The van der Waals surface area contributed by atoms with Gasteiger partial charge in [-0.15, -0.1) is 11.3 Å². The van der Waals surface area contributed by atoms with Crippen molar-refractivity contribution < 1.29 is 9.21 Å². The van der Waals surface area contributed by atoms with Gasteiger partial charge in [0.25, 0.3) is 0 Å². The third-order valence-corrected chi connectivity index (χ3v) is 5.54. The van der Waals surface area contributed by atoms with Gasteiger partial charge in [-0.25, -0.2) is 4.98 Å². The molecular weight excluding hydrogens is 298 g/mol. The van der Waals surface area contributed by atoms with E-state index in [2.05, 4.69) is 10.3 Å². The van der Waals surface area contributed by atoms with E-state index in [1.54, 1.807) is 11.3 Å². The fraction of sp³-hybridized carbons (Fsp3) is 0.500. The number of rotatable bonds is 3. The van der Waals surface area contributed by atoms with Crippen LogP contribution in [0, 0.1) is 18.8 Å².